The van der Waals surface area contributed by atoms with E-state index in [1.807, 2.05) is 6.92 Å². The van der Waals surface area contributed by atoms with Crippen molar-refractivity contribution >= 4 is 29.2 Å². The first-order valence-electron chi connectivity index (χ1n) is 9.81. The number of urea groups is 1. The van der Waals surface area contributed by atoms with Crippen molar-refractivity contribution in [3.63, 3.8) is 0 Å². The number of nitrogens with one attached hydrogen (secondary N) is 2. The second-order valence-electron chi connectivity index (χ2n) is 7.33. The summed E-state index contributed by atoms with van der Waals surface area (Å²) in [6.07, 6.45) is 3.83. The Labute approximate surface area is 165 Å². The van der Waals surface area contributed by atoms with Crippen LogP contribution in [0, 0.1) is 0 Å². The third kappa shape index (κ3) is 4.74. The molecule has 0 spiro atoms. The maximum absolute atomic E-state index is 12.3. The fourth-order valence-corrected chi connectivity index (χ4v) is 3.70. The molecule has 2 aliphatic rings. The molecule has 4 amide bonds. The number of piperidine rings is 1. The monoisotopic (exact) mass is 388 g/mol. The molecule has 3 rings (SSSR count). The molecule has 2 N–H and O–H groups in total. The Morgan fingerprint density at radius 2 is 1.93 bits per heavy atom. The van der Waals surface area contributed by atoms with Gasteiger partial charge < -0.3 is 25.2 Å². The van der Waals surface area contributed by atoms with Crippen LogP contribution in [0.25, 0.3) is 0 Å². The smallest absolute Gasteiger partial charge is 0.319 e. The van der Waals surface area contributed by atoms with Crippen molar-refractivity contribution in [2.24, 2.45) is 0 Å². The van der Waals surface area contributed by atoms with Crippen molar-refractivity contribution in [3.05, 3.63) is 18.2 Å². The van der Waals surface area contributed by atoms with Crippen molar-refractivity contribution in [1.29, 1.82) is 0 Å². The predicted molar refractivity (Wildman–Crippen MR) is 107 cm³/mol. The fraction of sp³-hybridized carbons (Fsp3) is 0.550. The second-order valence-corrected chi connectivity index (χ2v) is 7.33. The first-order valence-corrected chi connectivity index (χ1v) is 9.81. The molecule has 2 heterocycles. The van der Waals surface area contributed by atoms with Crippen LogP contribution in [-0.4, -0.2) is 55.5 Å². The van der Waals surface area contributed by atoms with Gasteiger partial charge in [0.2, 0.25) is 11.8 Å². The van der Waals surface area contributed by atoms with Gasteiger partial charge >= 0.3 is 6.03 Å². The largest absolute Gasteiger partial charge is 0.495 e. The van der Waals surface area contributed by atoms with E-state index in [4.69, 9.17) is 4.74 Å². The van der Waals surface area contributed by atoms with Gasteiger partial charge in [0.15, 0.2) is 0 Å². The van der Waals surface area contributed by atoms with Crippen molar-refractivity contribution in [2.45, 2.75) is 45.1 Å². The molecule has 0 saturated carbocycles. The predicted octanol–water partition coefficient (Wildman–Crippen LogP) is 2.34. The highest BCUT2D eigenvalue weighted by molar-refractivity contribution is 5.97. The van der Waals surface area contributed by atoms with Crippen LogP contribution in [0.15, 0.2) is 18.2 Å². The van der Waals surface area contributed by atoms with E-state index in [2.05, 4.69) is 10.6 Å². The van der Waals surface area contributed by atoms with Gasteiger partial charge in [0.1, 0.15) is 5.75 Å². The summed E-state index contributed by atoms with van der Waals surface area (Å²) in [5.41, 5.74) is 1.25. The molecule has 2 saturated heterocycles. The Morgan fingerprint density at radius 1 is 1.14 bits per heavy atom. The summed E-state index contributed by atoms with van der Waals surface area (Å²) < 4.78 is 5.40. The summed E-state index contributed by atoms with van der Waals surface area (Å²) in [4.78, 5) is 39.8. The van der Waals surface area contributed by atoms with Crippen molar-refractivity contribution < 1.29 is 19.1 Å². The first kappa shape index (κ1) is 20.0. The molecular formula is C20H28N4O4. The molecule has 8 nitrogen and oxygen atoms in total. The van der Waals surface area contributed by atoms with E-state index in [1.165, 1.54) is 0 Å². The number of anilines is 2. The van der Waals surface area contributed by atoms with Gasteiger partial charge in [-0.1, -0.05) is 0 Å². The number of benzene rings is 1. The second kappa shape index (κ2) is 8.95. The van der Waals surface area contributed by atoms with Gasteiger partial charge in [0.05, 0.1) is 12.8 Å². The third-order valence-electron chi connectivity index (χ3n) is 5.09. The molecule has 1 aromatic rings. The molecule has 152 valence electrons. The summed E-state index contributed by atoms with van der Waals surface area (Å²) >= 11 is 0. The molecule has 0 radical (unpaired) electrons. The lowest BCUT2D eigenvalue weighted by Gasteiger charge is -2.28. The van der Waals surface area contributed by atoms with Gasteiger partial charge in [-0.15, -0.1) is 0 Å². The maximum Gasteiger partial charge on any atom is 0.319 e. The standard InChI is InChI=1S/C20H28N4O4/c1-14(13-23-10-5-7-18(23)25)21-20(27)22-15-8-9-17(28-2)16(12-15)24-11-4-3-6-19(24)26/h8-9,12,14H,3-7,10-11,13H2,1-2H3,(H2,21,22,27)/t14-/m0/s1. The maximum atomic E-state index is 12.3. The Bertz CT molecular complexity index is 752. The van der Waals surface area contributed by atoms with Crippen LogP contribution in [-0.2, 0) is 9.59 Å². The quantitative estimate of drug-likeness (QED) is 0.783. The number of nitrogens with zero attached hydrogens (tertiary/aromatic N) is 2. The van der Waals surface area contributed by atoms with Crippen LogP contribution in [0.5, 0.6) is 5.75 Å². The molecule has 1 atom stereocenters. The van der Waals surface area contributed by atoms with E-state index in [0.717, 1.165) is 25.8 Å². The zero-order valence-electron chi connectivity index (χ0n) is 16.5. The number of methoxy groups -OCH3 is 1. The SMILES string of the molecule is COc1ccc(NC(=O)N[C@@H](C)CN2CCCC2=O)cc1N1CCCCC1=O. The molecule has 8 heteroatoms. The van der Waals surface area contributed by atoms with E-state index in [9.17, 15) is 14.4 Å². The number of likely N-dealkylation sites (tertiary alicyclic amines) is 1. The van der Waals surface area contributed by atoms with Gasteiger partial charge in [-0.25, -0.2) is 4.79 Å². The lowest BCUT2D eigenvalue weighted by atomic mass is 10.1. The zero-order valence-corrected chi connectivity index (χ0v) is 16.5. The summed E-state index contributed by atoms with van der Waals surface area (Å²) in [5.74, 6) is 0.803. The topological polar surface area (TPSA) is 91.0 Å². The number of amides is 4. The number of carbonyl (C=O) groups is 3. The first-order chi connectivity index (χ1) is 13.5. The minimum atomic E-state index is -0.347. The average molecular weight is 388 g/mol. The van der Waals surface area contributed by atoms with Crippen molar-refractivity contribution in [2.75, 3.05) is 37.0 Å². The number of hydrogen-bond acceptors (Lipinski definition) is 4. The average Bonchev–Trinajstić information content (AvgIpc) is 3.06. The molecule has 28 heavy (non-hydrogen) atoms. The Kier molecular flexibility index (Phi) is 6.38. The highest BCUT2D eigenvalue weighted by atomic mass is 16.5. The Hall–Kier alpha value is -2.77. The van der Waals surface area contributed by atoms with E-state index >= 15 is 0 Å². The fourth-order valence-electron chi connectivity index (χ4n) is 3.70. The van der Waals surface area contributed by atoms with Crippen molar-refractivity contribution in [3.8, 4) is 5.75 Å². The van der Waals surface area contributed by atoms with E-state index < -0.39 is 0 Å². The highest BCUT2D eigenvalue weighted by Gasteiger charge is 2.24. The highest BCUT2D eigenvalue weighted by Crippen LogP contribution is 2.33. The van der Waals surface area contributed by atoms with Gasteiger partial charge in [0, 0.05) is 44.2 Å². The molecule has 0 bridgehead atoms. The van der Waals surface area contributed by atoms with Crippen LogP contribution in [0.3, 0.4) is 0 Å². The Morgan fingerprint density at radius 3 is 2.61 bits per heavy atom. The lowest BCUT2D eigenvalue weighted by Crippen LogP contribution is -2.44. The van der Waals surface area contributed by atoms with Crippen LogP contribution in [0.4, 0.5) is 16.2 Å². The third-order valence-corrected chi connectivity index (χ3v) is 5.09. The van der Waals surface area contributed by atoms with Gasteiger partial charge in [0.25, 0.3) is 0 Å². The molecule has 0 aromatic heterocycles. The van der Waals surface area contributed by atoms with Gasteiger partial charge in [-0.2, -0.15) is 0 Å². The van der Waals surface area contributed by atoms with Gasteiger partial charge in [-0.3, -0.25) is 9.59 Å². The molecule has 0 unspecified atom stereocenters. The van der Waals surface area contributed by atoms with E-state index in [0.29, 0.717) is 43.1 Å². The van der Waals surface area contributed by atoms with Crippen molar-refractivity contribution in [1.82, 2.24) is 10.2 Å². The zero-order chi connectivity index (χ0) is 20.1. The van der Waals surface area contributed by atoms with E-state index in [-0.39, 0.29) is 23.9 Å². The number of hydrogen-bond donors (Lipinski definition) is 2. The Balaban J connectivity index is 1.63. The van der Waals surface area contributed by atoms with Crippen LogP contribution < -0.4 is 20.3 Å². The number of carbonyl (C=O) groups excluding carboxylic acids is 3. The molecule has 0 aliphatic carbocycles. The van der Waals surface area contributed by atoms with E-state index in [1.54, 1.807) is 35.1 Å². The minimum absolute atomic E-state index is 0.0649. The molecular weight excluding hydrogens is 360 g/mol. The van der Waals surface area contributed by atoms with Crippen LogP contribution in [0.2, 0.25) is 0 Å². The molecule has 1 aromatic carbocycles. The summed E-state index contributed by atoms with van der Waals surface area (Å²) in [5, 5.41) is 5.66. The van der Waals surface area contributed by atoms with Crippen LogP contribution in [0.1, 0.15) is 39.0 Å². The lowest BCUT2D eigenvalue weighted by molar-refractivity contribution is -0.128. The molecule has 2 aliphatic heterocycles. The summed E-state index contributed by atoms with van der Waals surface area (Å²) in [6, 6.07) is 4.74. The minimum Gasteiger partial charge on any atom is -0.495 e. The van der Waals surface area contributed by atoms with Crippen LogP contribution >= 0.6 is 0 Å². The summed E-state index contributed by atoms with van der Waals surface area (Å²) in [7, 11) is 1.56. The normalized spacial score (nSPS) is 18.2. The number of rotatable bonds is 6. The summed E-state index contributed by atoms with van der Waals surface area (Å²) in [6.45, 7) is 3.77. The van der Waals surface area contributed by atoms with Gasteiger partial charge in [-0.05, 0) is 44.4 Å². The molecule has 2 fully saturated rings. The number of ether oxygens (including phenoxy) is 1.